The predicted octanol–water partition coefficient (Wildman–Crippen LogP) is 3.55. The minimum atomic E-state index is -4.48. The van der Waals surface area contributed by atoms with Crippen molar-refractivity contribution in [3.63, 3.8) is 0 Å². The fourth-order valence-corrected chi connectivity index (χ4v) is 2.31. The lowest BCUT2D eigenvalue weighted by Crippen LogP contribution is -2.30. The summed E-state index contributed by atoms with van der Waals surface area (Å²) in [5.41, 5.74) is -1.41. The number of benzene rings is 1. The first-order valence-electron chi connectivity index (χ1n) is 5.52. The molecule has 19 heavy (non-hydrogen) atoms. The van der Waals surface area contributed by atoms with Gasteiger partial charge in [0.25, 0.3) is 0 Å². The molecule has 0 aliphatic rings. The quantitative estimate of drug-likeness (QED) is 0.910. The molecule has 0 atom stereocenters. The average molecular weight is 337 g/mol. The summed E-state index contributed by atoms with van der Waals surface area (Å²) in [6, 6.07) is 2.54. The van der Waals surface area contributed by atoms with E-state index in [1.54, 1.807) is 13.8 Å². The van der Waals surface area contributed by atoms with Crippen molar-refractivity contribution < 1.29 is 18.3 Å². The number of halogens is 4. The SMILES string of the molecule is CC(C)(CO)n1cnc2cc(Br)cc(C(F)(F)F)c21. The van der Waals surface area contributed by atoms with Gasteiger partial charge in [0.05, 0.1) is 35.1 Å². The Morgan fingerprint density at radius 2 is 1.95 bits per heavy atom. The summed E-state index contributed by atoms with van der Waals surface area (Å²) in [6.45, 7) is 3.01. The molecule has 0 spiro atoms. The Hall–Kier alpha value is -1.08. The highest BCUT2D eigenvalue weighted by molar-refractivity contribution is 9.10. The summed E-state index contributed by atoms with van der Waals surface area (Å²) in [7, 11) is 0. The van der Waals surface area contributed by atoms with E-state index in [0.29, 0.717) is 4.47 Å². The largest absolute Gasteiger partial charge is 0.418 e. The number of rotatable bonds is 2. The van der Waals surface area contributed by atoms with Gasteiger partial charge < -0.3 is 9.67 Å². The van der Waals surface area contributed by atoms with E-state index in [9.17, 15) is 18.3 Å². The molecule has 0 aliphatic carbocycles. The summed E-state index contributed by atoms with van der Waals surface area (Å²) >= 11 is 3.05. The van der Waals surface area contributed by atoms with Crippen LogP contribution in [0.1, 0.15) is 19.4 Å². The number of aliphatic hydroxyl groups is 1. The van der Waals surface area contributed by atoms with Crippen molar-refractivity contribution in [3.05, 3.63) is 28.5 Å². The highest BCUT2D eigenvalue weighted by Crippen LogP contribution is 2.38. The monoisotopic (exact) mass is 336 g/mol. The maximum Gasteiger partial charge on any atom is 0.418 e. The zero-order valence-electron chi connectivity index (χ0n) is 10.3. The number of hydrogen-bond donors (Lipinski definition) is 1. The Bertz CT molecular complexity index is 619. The molecule has 2 rings (SSSR count). The van der Waals surface area contributed by atoms with Crippen LogP contribution in [0, 0.1) is 0 Å². The van der Waals surface area contributed by atoms with Gasteiger partial charge in [0, 0.05) is 4.47 Å². The number of alkyl halides is 3. The van der Waals surface area contributed by atoms with E-state index in [-0.39, 0.29) is 17.6 Å². The van der Waals surface area contributed by atoms with Crippen molar-refractivity contribution in [1.82, 2.24) is 9.55 Å². The van der Waals surface area contributed by atoms with Gasteiger partial charge in [-0.15, -0.1) is 0 Å². The molecule has 7 heteroatoms. The Morgan fingerprint density at radius 3 is 2.47 bits per heavy atom. The van der Waals surface area contributed by atoms with Crippen LogP contribution in [0.2, 0.25) is 0 Å². The van der Waals surface area contributed by atoms with Crippen LogP contribution >= 0.6 is 15.9 Å². The maximum absolute atomic E-state index is 13.1. The van der Waals surface area contributed by atoms with Gasteiger partial charge in [-0.3, -0.25) is 0 Å². The zero-order valence-corrected chi connectivity index (χ0v) is 11.9. The molecule has 0 amide bonds. The van der Waals surface area contributed by atoms with Crippen LogP contribution in [0.5, 0.6) is 0 Å². The van der Waals surface area contributed by atoms with Gasteiger partial charge in [-0.25, -0.2) is 4.98 Å². The summed E-state index contributed by atoms with van der Waals surface area (Å²) in [5, 5.41) is 9.33. The fourth-order valence-electron chi connectivity index (χ4n) is 1.87. The highest BCUT2D eigenvalue weighted by atomic mass is 79.9. The lowest BCUT2D eigenvalue weighted by molar-refractivity contribution is -0.136. The molecular formula is C12H12BrF3N2O. The number of nitrogens with zero attached hydrogens (tertiary/aromatic N) is 2. The van der Waals surface area contributed by atoms with Crippen LogP contribution in [0.3, 0.4) is 0 Å². The molecular weight excluding hydrogens is 325 g/mol. The van der Waals surface area contributed by atoms with E-state index in [4.69, 9.17) is 0 Å². The third-order valence-electron chi connectivity index (χ3n) is 2.95. The molecule has 0 fully saturated rings. The summed E-state index contributed by atoms with van der Waals surface area (Å²) in [5.74, 6) is 0. The first-order valence-corrected chi connectivity index (χ1v) is 6.31. The molecule has 2 aromatic rings. The molecule has 0 unspecified atom stereocenters. The van der Waals surface area contributed by atoms with Gasteiger partial charge in [0.15, 0.2) is 0 Å². The van der Waals surface area contributed by atoms with Crippen LogP contribution in [-0.2, 0) is 11.7 Å². The molecule has 1 aromatic carbocycles. The first-order chi connectivity index (χ1) is 8.66. The standard InChI is InChI=1S/C12H12BrF3N2O/c1-11(2,5-19)18-6-17-9-4-7(13)3-8(10(9)18)12(14,15)16/h3-4,6,19H,5H2,1-2H3. The normalized spacial score (nSPS) is 13.2. The minimum absolute atomic E-state index is 0.0187. The van der Waals surface area contributed by atoms with E-state index in [2.05, 4.69) is 20.9 Å². The number of hydrogen-bond acceptors (Lipinski definition) is 2. The third-order valence-corrected chi connectivity index (χ3v) is 3.41. The van der Waals surface area contributed by atoms with Gasteiger partial charge in [-0.05, 0) is 26.0 Å². The summed E-state index contributed by atoms with van der Waals surface area (Å²) < 4.78 is 41.0. The Morgan fingerprint density at radius 1 is 1.32 bits per heavy atom. The van der Waals surface area contributed by atoms with E-state index >= 15 is 0 Å². The maximum atomic E-state index is 13.1. The van der Waals surface area contributed by atoms with E-state index < -0.39 is 17.3 Å². The average Bonchev–Trinajstić information content (AvgIpc) is 2.70. The molecule has 0 aliphatic heterocycles. The van der Waals surface area contributed by atoms with Crippen LogP contribution in [0.4, 0.5) is 13.2 Å². The van der Waals surface area contributed by atoms with Crippen molar-refractivity contribution in [2.45, 2.75) is 25.6 Å². The second kappa shape index (κ2) is 4.49. The molecule has 0 saturated heterocycles. The van der Waals surface area contributed by atoms with E-state index in [0.717, 1.165) is 6.07 Å². The smallest absolute Gasteiger partial charge is 0.394 e. The van der Waals surface area contributed by atoms with Crippen molar-refractivity contribution >= 4 is 27.0 Å². The summed E-state index contributed by atoms with van der Waals surface area (Å²) in [4.78, 5) is 3.99. The molecule has 1 N–H and O–H groups in total. The lowest BCUT2D eigenvalue weighted by atomic mass is 10.1. The van der Waals surface area contributed by atoms with Crippen molar-refractivity contribution in [3.8, 4) is 0 Å². The molecule has 3 nitrogen and oxygen atoms in total. The first kappa shape index (κ1) is 14.3. The van der Waals surface area contributed by atoms with Crippen LogP contribution in [0.15, 0.2) is 22.9 Å². The van der Waals surface area contributed by atoms with Gasteiger partial charge in [0.1, 0.15) is 0 Å². The van der Waals surface area contributed by atoms with Crippen LogP contribution in [0.25, 0.3) is 11.0 Å². The molecule has 1 heterocycles. The van der Waals surface area contributed by atoms with Gasteiger partial charge in [-0.2, -0.15) is 13.2 Å². The van der Waals surface area contributed by atoms with Gasteiger partial charge in [-0.1, -0.05) is 15.9 Å². The third kappa shape index (κ3) is 2.49. The molecule has 1 aromatic heterocycles. The van der Waals surface area contributed by atoms with Gasteiger partial charge in [0.2, 0.25) is 0 Å². The topological polar surface area (TPSA) is 38.0 Å². The molecule has 0 bridgehead atoms. The molecule has 0 radical (unpaired) electrons. The number of aromatic nitrogens is 2. The summed E-state index contributed by atoms with van der Waals surface area (Å²) in [6.07, 6.45) is -3.16. The Balaban J connectivity index is 2.84. The number of aliphatic hydroxyl groups excluding tert-OH is 1. The van der Waals surface area contributed by atoms with Crippen LogP contribution < -0.4 is 0 Å². The Kier molecular flexibility index (Phi) is 3.38. The van der Waals surface area contributed by atoms with Gasteiger partial charge >= 0.3 is 6.18 Å². The van der Waals surface area contributed by atoms with Crippen LogP contribution in [-0.4, -0.2) is 21.3 Å². The van der Waals surface area contributed by atoms with Crippen molar-refractivity contribution in [2.75, 3.05) is 6.61 Å². The van der Waals surface area contributed by atoms with E-state index in [1.807, 2.05) is 0 Å². The zero-order chi connectivity index (χ0) is 14.4. The molecule has 104 valence electrons. The predicted molar refractivity (Wildman–Crippen MR) is 68.8 cm³/mol. The van der Waals surface area contributed by atoms with E-state index in [1.165, 1.54) is 17.0 Å². The lowest BCUT2D eigenvalue weighted by Gasteiger charge is -2.26. The Labute approximate surface area is 116 Å². The second-order valence-corrected chi connectivity index (χ2v) is 5.82. The number of imidazole rings is 1. The minimum Gasteiger partial charge on any atom is -0.394 e. The fraction of sp³-hybridized carbons (Fsp3) is 0.417. The molecule has 0 saturated carbocycles. The van der Waals surface area contributed by atoms with Crippen molar-refractivity contribution in [2.24, 2.45) is 0 Å². The number of fused-ring (bicyclic) bond motifs is 1. The van der Waals surface area contributed by atoms with Crippen molar-refractivity contribution in [1.29, 1.82) is 0 Å². The second-order valence-electron chi connectivity index (χ2n) is 4.90. The highest BCUT2D eigenvalue weighted by Gasteiger charge is 2.36.